The van der Waals surface area contributed by atoms with Gasteiger partial charge in [-0.3, -0.25) is 9.59 Å². The lowest BCUT2D eigenvalue weighted by Crippen LogP contribution is -2.45. The van der Waals surface area contributed by atoms with E-state index in [0.29, 0.717) is 25.9 Å². The van der Waals surface area contributed by atoms with E-state index in [-0.39, 0.29) is 18.5 Å². The molecule has 0 aromatic heterocycles. The molecule has 67 heavy (non-hydrogen) atoms. The van der Waals surface area contributed by atoms with E-state index in [1.165, 1.54) is 250 Å². The highest BCUT2D eigenvalue weighted by Crippen LogP contribution is 2.17. The van der Waals surface area contributed by atoms with Crippen molar-refractivity contribution in [3.8, 4) is 0 Å². The van der Waals surface area contributed by atoms with Crippen molar-refractivity contribution >= 4 is 11.9 Å². The third kappa shape index (κ3) is 53.5. The second kappa shape index (κ2) is 56.9. The van der Waals surface area contributed by atoms with Gasteiger partial charge in [0.05, 0.1) is 25.4 Å². The molecular weight excluding hydrogens is 827 g/mol. The summed E-state index contributed by atoms with van der Waals surface area (Å²) in [4.78, 5) is 24.5. The first-order valence-corrected chi connectivity index (χ1v) is 30.1. The van der Waals surface area contributed by atoms with Gasteiger partial charge in [-0.05, 0) is 77.0 Å². The highest BCUT2D eigenvalue weighted by molar-refractivity contribution is 5.76. The van der Waals surface area contributed by atoms with Gasteiger partial charge in [0, 0.05) is 12.8 Å². The quantitative estimate of drug-likeness (QED) is 0.0321. The predicted octanol–water partition coefficient (Wildman–Crippen LogP) is 18.6. The van der Waals surface area contributed by atoms with Crippen LogP contribution in [0.3, 0.4) is 0 Å². The first-order valence-electron chi connectivity index (χ1n) is 30.1. The molecule has 0 aromatic carbocycles. The minimum absolute atomic E-state index is 0.00373. The number of aliphatic hydroxyl groups excluding tert-OH is 2. The molecular formula is C61H117NO5. The summed E-state index contributed by atoms with van der Waals surface area (Å²) in [6, 6.07) is -0.545. The molecule has 0 spiro atoms. The molecule has 6 nitrogen and oxygen atoms in total. The summed E-state index contributed by atoms with van der Waals surface area (Å²) in [5.74, 6) is -0.0374. The molecule has 0 radical (unpaired) electrons. The van der Waals surface area contributed by atoms with Crippen LogP contribution in [0.4, 0.5) is 0 Å². The lowest BCUT2D eigenvalue weighted by atomic mass is 10.0. The zero-order valence-corrected chi connectivity index (χ0v) is 45.1. The van der Waals surface area contributed by atoms with Gasteiger partial charge in [-0.15, -0.1) is 0 Å². The fourth-order valence-electron chi connectivity index (χ4n) is 9.34. The van der Waals surface area contributed by atoms with Crippen LogP contribution in [0, 0.1) is 0 Å². The summed E-state index contributed by atoms with van der Waals surface area (Å²) < 4.78 is 5.48. The number of allylic oxidation sites excluding steroid dienone is 4. The maximum atomic E-state index is 12.4. The zero-order chi connectivity index (χ0) is 48.6. The van der Waals surface area contributed by atoms with Crippen molar-refractivity contribution in [2.24, 2.45) is 0 Å². The molecule has 1 amide bonds. The molecule has 0 aromatic rings. The molecule has 0 aliphatic rings. The van der Waals surface area contributed by atoms with Crippen LogP contribution >= 0.6 is 0 Å². The van der Waals surface area contributed by atoms with Crippen LogP contribution in [0.15, 0.2) is 24.3 Å². The van der Waals surface area contributed by atoms with Crippen LogP contribution in [-0.4, -0.2) is 47.4 Å². The average Bonchev–Trinajstić information content (AvgIpc) is 3.33. The van der Waals surface area contributed by atoms with Crippen LogP contribution < -0.4 is 5.32 Å². The number of nitrogens with one attached hydrogen (secondary N) is 1. The summed E-state index contributed by atoms with van der Waals surface area (Å²) in [5.41, 5.74) is 0. The van der Waals surface area contributed by atoms with Crippen molar-refractivity contribution in [3.05, 3.63) is 24.3 Å². The van der Waals surface area contributed by atoms with Gasteiger partial charge in [0.25, 0.3) is 0 Å². The molecule has 0 saturated heterocycles. The molecule has 0 aliphatic carbocycles. The van der Waals surface area contributed by atoms with Crippen LogP contribution in [0.2, 0.25) is 0 Å². The van der Waals surface area contributed by atoms with Gasteiger partial charge < -0.3 is 20.3 Å². The van der Waals surface area contributed by atoms with Crippen molar-refractivity contribution in [2.45, 2.75) is 341 Å². The normalized spacial score (nSPS) is 12.7. The summed E-state index contributed by atoms with van der Waals surface area (Å²) in [5, 5.41) is 23.2. The molecule has 6 heteroatoms. The van der Waals surface area contributed by atoms with E-state index in [9.17, 15) is 19.8 Å². The van der Waals surface area contributed by atoms with E-state index in [1.807, 2.05) is 0 Å². The Balaban J connectivity index is 3.39. The van der Waals surface area contributed by atoms with Crippen molar-refractivity contribution in [2.75, 3.05) is 13.2 Å². The smallest absolute Gasteiger partial charge is 0.305 e. The minimum atomic E-state index is -0.667. The lowest BCUT2D eigenvalue weighted by molar-refractivity contribution is -0.143. The molecule has 0 fully saturated rings. The number of carbonyl (C=O) groups is 2. The fourth-order valence-corrected chi connectivity index (χ4v) is 9.34. The number of esters is 1. The highest BCUT2D eigenvalue weighted by Gasteiger charge is 2.20. The van der Waals surface area contributed by atoms with E-state index in [4.69, 9.17) is 4.74 Å². The van der Waals surface area contributed by atoms with Crippen LogP contribution in [0.1, 0.15) is 328 Å². The van der Waals surface area contributed by atoms with E-state index in [2.05, 4.69) is 43.5 Å². The maximum Gasteiger partial charge on any atom is 0.305 e. The Bertz CT molecular complexity index is 1040. The molecule has 3 N–H and O–H groups in total. The number of ether oxygens (including phenoxy) is 1. The largest absolute Gasteiger partial charge is 0.466 e. The van der Waals surface area contributed by atoms with Crippen LogP contribution in [0.5, 0.6) is 0 Å². The Morgan fingerprint density at radius 1 is 0.403 bits per heavy atom. The van der Waals surface area contributed by atoms with E-state index in [0.717, 1.165) is 44.9 Å². The Hall–Kier alpha value is -1.66. The number of unbranched alkanes of at least 4 members (excludes halogenated alkanes) is 41. The molecule has 0 saturated carbocycles. The molecule has 0 aliphatic heterocycles. The standard InChI is InChI=1S/C61H117NO5/c1-3-5-7-9-11-13-15-17-27-31-35-39-43-47-51-55-61(66)67-56-52-48-44-40-36-32-29-26-24-22-20-18-19-21-23-25-28-30-34-38-42-46-50-54-60(65)62-58(57-63)59(64)53-49-45-41-37-33-16-14-12-10-8-6-4-2/h17,21,23,27,58-59,63-64H,3-16,18-20,22,24-26,28-57H2,1-2H3,(H,62,65)/b23-21-,27-17-. The predicted molar refractivity (Wildman–Crippen MR) is 292 cm³/mol. The number of carbonyl (C=O) groups excluding carboxylic acids is 2. The van der Waals surface area contributed by atoms with Gasteiger partial charge in [0.1, 0.15) is 0 Å². The number of hydrogen-bond acceptors (Lipinski definition) is 5. The van der Waals surface area contributed by atoms with Crippen molar-refractivity contribution in [1.82, 2.24) is 5.32 Å². The molecule has 0 bridgehead atoms. The SMILES string of the molecule is CCCCCCCC/C=C\CCCCCCCC(=O)OCCCCCCCCCCCCCC/C=C\CCCCCCCCCC(=O)NC(CO)C(O)CCCCCCCCCCCCCC. The summed E-state index contributed by atoms with van der Waals surface area (Å²) in [6.07, 6.45) is 69.0. The summed E-state index contributed by atoms with van der Waals surface area (Å²) in [6.45, 7) is 4.95. The topological polar surface area (TPSA) is 95.9 Å². The number of hydrogen-bond donors (Lipinski definition) is 3. The van der Waals surface area contributed by atoms with Gasteiger partial charge in [-0.25, -0.2) is 0 Å². The number of aliphatic hydroxyl groups is 2. The molecule has 396 valence electrons. The molecule has 2 atom stereocenters. The van der Waals surface area contributed by atoms with Crippen LogP contribution in [-0.2, 0) is 14.3 Å². The van der Waals surface area contributed by atoms with Gasteiger partial charge in [0.2, 0.25) is 5.91 Å². The number of rotatable bonds is 56. The van der Waals surface area contributed by atoms with E-state index >= 15 is 0 Å². The first kappa shape index (κ1) is 65.3. The molecule has 0 rings (SSSR count). The van der Waals surface area contributed by atoms with E-state index in [1.54, 1.807) is 0 Å². The second-order valence-corrected chi connectivity index (χ2v) is 20.7. The van der Waals surface area contributed by atoms with Gasteiger partial charge in [-0.1, -0.05) is 263 Å². The van der Waals surface area contributed by atoms with Gasteiger partial charge in [-0.2, -0.15) is 0 Å². The molecule has 2 unspecified atom stereocenters. The Kier molecular flexibility index (Phi) is 55.5. The first-order chi connectivity index (χ1) is 33.0. The van der Waals surface area contributed by atoms with Crippen molar-refractivity contribution < 1.29 is 24.5 Å². The highest BCUT2D eigenvalue weighted by atomic mass is 16.5. The second-order valence-electron chi connectivity index (χ2n) is 20.7. The Morgan fingerprint density at radius 3 is 1.06 bits per heavy atom. The minimum Gasteiger partial charge on any atom is -0.466 e. The van der Waals surface area contributed by atoms with Crippen molar-refractivity contribution in [1.29, 1.82) is 0 Å². The fraction of sp³-hybridized carbons (Fsp3) is 0.902. The van der Waals surface area contributed by atoms with Crippen molar-refractivity contribution in [3.63, 3.8) is 0 Å². The third-order valence-corrected chi connectivity index (χ3v) is 14.0. The average molecular weight is 945 g/mol. The Labute approximate surface area is 418 Å². The van der Waals surface area contributed by atoms with E-state index < -0.39 is 12.1 Å². The monoisotopic (exact) mass is 944 g/mol. The van der Waals surface area contributed by atoms with Gasteiger partial charge in [0.15, 0.2) is 0 Å². The summed E-state index contributed by atoms with van der Waals surface area (Å²) in [7, 11) is 0. The zero-order valence-electron chi connectivity index (χ0n) is 45.1. The lowest BCUT2D eigenvalue weighted by Gasteiger charge is -2.22. The summed E-state index contributed by atoms with van der Waals surface area (Å²) >= 11 is 0. The van der Waals surface area contributed by atoms with Crippen LogP contribution in [0.25, 0.3) is 0 Å². The number of amides is 1. The maximum absolute atomic E-state index is 12.4. The third-order valence-electron chi connectivity index (χ3n) is 14.0. The Morgan fingerprint density at radius 2 is 0.701 bits per heavy atom. The van der Waals surface area contributed by atoms with Gasteiger partial charge >= 0.3 is 5.97 Å². The molecule has 0 heterocycles.